The van der Waals surface area contributed by atoms with E-state index in [1.54, 1.807) is 24.3 Å². The van der Waals surface area contributed by atoms with Crippen LogP contribution in [0.25, 0.3) is 0 Å². The number of hydrogen-bond acceptors (Lipinski definition) is 3. The monoisotopic (exact) mass is 291 g/mol. The van der Waals surface area contributed by atoms with Crippen molar-refractivity contribution >= 4 is 29.1 Å². The lowest BCUT2D eigenvalue weighted by atomic mass is 10.3. The van der Waals surface area contributed by atoms with Crippen molar-refractivity contribution in [2.75, 3.05) is 32.2 Å². The molecule has 0 unspecified atom stereocenters. The molecule has 1 aromatic rings. The van der Waals surface area contributed by atoms with Crippen molar-refractivity contribution in [2.24, 2.45) is 0 Å². The van der Waals surface area contributed by atoms with Crippen LogP contribution in [0.15, 0.2) is 24.3 Å². The molecule has 0 bridgehead atoms. The molecule has 0 aliphatic carbocycles. The second-order valence-electron chi connectivity index (χ2n) is 3.40. The summed E-state index contributed by atoms with van der Waals surface area (Å²) < 4.78 is 10.4. The Labute approximate surface area is 116 Å². The average Bonchev–Trinajstić information content (AvgIpc) is 2.36. The third-order valence-electron chi connectivity index (χ3n) is 1.96. The van der Waals surface area contributed by atoms with E-state index in [-0.39, 0.29) is 12.5 Å². The zero-order valence-electron chi connectivity index (χ0n) is 9.83. The predicted molar refractivity (Wildman–Crippen MR) is 71.5 cm³/mol. The number of hydrogen-bond donors (Lipinski definition) is 1. The number of halogens is 2. The number of ether oxygens (including phenoxy) is 2. The van der Waals surface area contributed by atoms with Crippen LogP contribution in [-0.2, 0) is 9.53 Å². The van der Waals surface area contributed by atoms with E-state index in [1.165, 1.54) is 0 Å². The van der Waals surface area contributed by atoms with Crippen LogP contribution in [0.1, 0.15) is 0 Å². The van der Waals surface area contributed by atoms with E-state index in [0.717, 1.165) is 0 Å². The van der Waals surface area contributed by atoms with Crippen LogP contribution < -0.4 is 10.1 Å². The average molecular weight is 292 g/mol. The Hall–Kier alpha value is -0.970. The summed E-state index contributed by atoms with van der Waals surface area (Å²) in [4.78, 5) is 11.4. The first-order valence-corrected chi connectivity index (χ1v) is 6.42. The second-order valence-corrected chi connectivity index (χ2v) is 4.21. The fraction of sp³-hybridized carbons (Fsp3) is 0.417. The van der Waals surface area contributed by atoms with E-state index in [9.17, 15) is 4.79 Å². The Morgan fingerprint density at radius 1 is 1.33 bits per heavy atom. The molecular formula is C12H15Cl2NO3. The molecule has 1 aromatic carbocycles. The van der Waals surface area contributed by atoms with Gasteiger partial charge in [-0.25, -0.2) is 0 Å². The number of amides is 1. The summed E-state index contributed by atoms with van der Waals surface area (Å²) in [7, 11) is 0. The molecule has 0 heterocycles. The standard InChI is InChI=1S/C12H15Cl2NO3/c13-4-6-17-7-5-15-12(16)9-18-11-3-1-2-10(14)8-11/h1-3,8H,4-7,9H2,(H,15,16). The van der Waals surface area contributed by atoms with E-state index >= 15 is 0 Å². The SMILES string of the molecule is O=C(COc1cccc(Cl)c1)NCCOCCCl. The van der Waals surface area contributed by atoms with E-state index in [0.29, 0.717) is 36.4 Å². The number of nitrogens with one attached hydrogen (secondary N) is 1. The van der Waals surface area contributed by atoms with Crippen molar-refractivity contribution in [1.82, 2.24) is 5.32 Å². The first-order valence-electron chi connectivity index (χ1n) is 5.51. The molecule has 6 heteroatoms. The van der Waals surface area contributed by atoms with Crippen molar-refractivity contribution < 1.29 is 14.3 Å². The molecular weight excluding hydrogens is 277 g/mol. The molecule has 0 aromatic heterocycles. The third-order valence-corrected chi connectivity index (χ3v) is 2.35. The van der Waals surface area contributed by atoms with Crippen LogP contribution in [-0.4, -0.2) is 38.2 Å². The highest BCUT2D eigenvalue weighted by Gasteiger charge is 2.02. The molecule has 0 fully saturated rings. The van der Waals surface area contributed by atoms with E-state index in [1.807, 2.05) is 0 Å². The molecule has 0 aliphatic heterocycles. The maximum Gasteiger partial charge on any atom is 0.258 e. The van der Waals surface area contributed by atoms with Gasteiger partial charge in [0.2, 0.25) is 0 Å². The van der Waals surface area contributed by atoms with E-state index < -0.39 is 0 Å². The van der Waals surface area contributed by atoms with Gasteiger partial charge in [-0.3, -0.25) is 4.79 Å². The summed E-state index contributed by atoms with van der Waals surface area (Å²) in [5.74, 6) is 0.812. The van der Waals surface area contributed by atoms with Crippen LogP contribution in [0, 0.1) is 0 Å². The molecule has 1 rings (SSSR count). The molecule has 0 saturated carbocycles. The first kappa shape index (κ1) is 15.1. The Balaban J connectivity index is 2.13. The summed E-state index contributed by atoms with van der Waals surface area (Å²) in [6, 6.07) is 6.89. The summed E-state index contributed by atoms with van der Waals surface area (Å²) >= 11 is 11.2. The number of carbonyl (C=O) groups is 1. The van der Waals surface area contributed by atoms with Gasteiger partial charge in [-0.05, 0) is 18.2 Å². The summed E-state index contributed by atoms with van der Waals surface area (Å²) in [6.45, 7) is 1.32. The molecule has 1 amide bonds. The van der Waals surface area contributed by atoms with Gasteiger partial charge >= 0.3 is 0 Å². The minimum atomic E-state index is -0.204. The Morgan fingerprint density at radius 3 is 2.89 bits per heavy atom. The fourth-order valence-corrected chi connectivity index (χ4v) is 1.47. The molecule has 4 nitrogen and oxygen atoms in total. The van der Waals surface area contributed by atoms with Gasteiger partial charge in [0.25, 0.3) is 5.91 Å². The zero-order chi connectivity index (χ0) is 13.2. The maximum atomic E-state index is 11.4. The third kappa shape index (κ3) is 6.69. The van der Waals surface area contributed by atoms with Crippen molar-refractivity contribution in [3.8, 4) is 5.75 Å². The number of carbonyl (C=O) groups excluding carboxylic acids is 1. The van der Waals surface area contributed by atoms with Gasteiger partial charge in [-0.15, -0.1) is 11.6 Å². The van der Waals surface area contributed by atoms with Crippen LogP contribution >= 0.6 is 23.2 Å². The highest BCUT2D eigenvalue weighted by Crippen LogP contribution is 2.16. The smallest absolute Gasteiger partial charge is 0.258 e. The summed E-state index contributed by atoms with van der Waals surface area (Å²) in [5.41, 5.74) is 0. The topological polar surface area (TPSA) is 47.6 Å². The minimum Gasteiger partial charge on any atom is -0.484 e. The highest BCUT2D eigenvalue weighted by molar-refractivity contribution is 6.30. The normalized spacial score (nSPS) is 10.1. The lowest BCUT2D eigenvalue weighted by Gasteiger charge is -2.07. The molecule has 1 N–H and O–H groups in total. The van der Waals surface area contributed by atoms with Crippen molar-refractivity contribution in [3.05, 3.63) is 29.3 Å². The van der Waals surface area contributed by atoms with Crippen molar-refractivity contribution in [1.29, 1.82) is 0 Å². The van der Waals surface area contributed by atoms with Gasteiger partial charge in [0.1, 0.15) is 5.75 Å². The van der Waals surface area contributed by atoms with Crippen LogP contribution in [0.4, 0.5) is 0 Å². The second kappa shape index (κ2) is 9.03. The lowest BCUT2D eigenvalue weighted by Crippen LogP contribution is -2.31. The lowest BCUT2D eigenvalue weighted by molar-refractivity contribution is -0.123. The van der Waals surface area contributed by atoms with Gasteiger partial charge < -0.3 is 14.8 Å². The van der Waals surface area contributed by atoms with Gasteiger partial charge in [0.05, 0.1) is 13.2 Å². The molecule has 0 spiro atoms. The van der Waals surface area contributed by atoms with E-state index in [2.05, 4.69) is 5.32 Å². The van der Waals surface area contributed by atoms with Crippen LogP contribution in [0.2, 0.25) is 5.02 Å². The quantitative estimate of drug-likeness (QED) is 0.589. The molecule has 18 heavy (non-hydrogen) atoms. The first-order chi connectivity index (χ1) is 8.72. The summed E-state index contributed by atoms with van der Waals surface area (Å²) in [6.07, 6.45) is 0. The number of benzene rings is 1. The van der Waals surface area contributed by atoms with Gasteiger partial charge in [0, 0.05) is 17.4 Å². The van der Waals surface area contributed by atoms with Crippen LogP contribution in [0.5, 0.6) is 5.75 Å². The molecule has 0 radical (unpaired) electrons. The van der Waals surface area contributed by atoms with E-state index in [4.69, 9.17) is 32.7 Å². The Kier molecular flexibility index (Phi) is 7.57. The maximum absolute atomic E-state index is 11.4. The number of rotatable bonds is 8. The Bertz CT molecular complexity index is 374. The van der Waals surface area contributed by atoms with Gasteiger partial charge in [-0.2, -0.15) is 0 Å². The Morgan fingerprint density at radius 2 is 2.17 bits per heavy atom. The summed E-state index contributed by atoms with van der Waals surface area (Å²) in [5, 5.41) is 3.23. The van der Waals surface area contributed by atoms with Gasteiger partial charge in [-0.1, -0.05) is 17.7 Å². The molecule has 0 saturated heterocycles. The number of alkyl halides is 1. The van der Waals surface area contributed by atoms with Gasteiger partial charge in [0.15, 0.2) is 6.61 Å². The van der Waals surface area contributed by atoms with Crippen molar-refractivity contribution in [3.63, 3.8) is 0 Å². The molecule has 0 aliphatic rings. The molecule has 100 valence electrons. The van der Waals surface area contributed by atoms with Crippen molar-refractivity contribution in [2.45, 2.75) is 0 Å². The zero-order valence-corrected chi connectivity index (χ0v) is 11.3. The highest BCUT2D eigenvalue weighted by atomic mass is 35.5. The predicted octanol–water partition coefficient (Wildman–Crippen LogP) is 2.09. The van der Waals surface area contributed by atoms with Crippen LogP contribution in [0.3, 0.4) is 0 Å². The largest absolute Gasteiger partial charge is 0.484 e. The minimum absolute atomic E-state index is 0.0458. The fourth-order valence-electron chi connectivity index (χ4n) is 1.18. The molecule has 0 atom stereocenters.